The lowest BCUT2D eigenvalue weighted by molar-refractivity contribution is -0.172. The minimum atomic E-state index is -1.95. The number of hydrogen-bond acceptors (Lipinski definition) is 9. The van der Waals surface area contributed by atoms with Crippen LogP contribution in [0.4, 0.5) is 0 Å². The van der Waals surface area contributed by atoms with Crippen molar-refractivity contribution in [1.82, 2.24) is 14.9 Å². The zero-order chi connectivity index (χ0) is 29.5. The van der Waals surface area contributed by atoms with Crippen LogP contribution in [0.25, 0.3) is 22.3 Å². The molecule has 0 unspecified atom stereocenters. The van der Waals surface area contributed by atoms with Crippen LogP contribution < -0.4 is 21.3 Å². The second kappa shape index (κ2) is 10.8. The number of carbonyl (C=O) groups is 3. The molecule has 0 aliphatic carbocycles. The van der Waals surface area contributed by atoms with Gasteiger partial charge in [-0.3, -0.25) is 9.59 Å². The van der Waals surface area contributed by atoms with Gasteiger partial charge in [-0.1, -0.05) is 13.5 Å². The zero-order valence-corrected chi connectivity index (χ0v) is 22.5. The highest BCUT2D eigenvalue weighted by Crippen LogP contribution is 2.40. The number of carboxylic acids is 1. The molecule has 2 aliphatic rings. The number of nitrogens with zero attached hydrogens (tertiary/aromatic N) is 2. The average Bonchev–Trinajstić information content (AvgIpc) is 3.33. The molecule has 0 saturated carbocycles. The molecule has 1 amide bonds. The summed E-state index contributed by atoms with van der Waals surface area (Å²) in [6.07, 6.45) is 0.806. The zero-order valence-electron chi connectivity index (χ0n) is 22.5. The normalized spacial score (nSPS) is 16.9. The van der Waals surface area contributed by atoms with Gasteiger partial charge in [0, 0.05) is 29.5 Å². The van der Waals surface area contributed by atoms with E-state index >= 15 is 0 Å². The molecule has 2 aromatic heterocycles. The first-order chi connectivity index (χ1) is 19.6. The number of hydrogen-bond donors (Lipinski definition) is 4. The number of cyclic esters (lactones) is 1. The molecule has 0 radical (unpaired) electrons. The van der Waals surface area contributed by atoms with E-state index in [0.717, 1.165) is 0 Å². The van der Waals surface area contributed by atoms with E-state index in [1.807, 2.05) is 0 Å². The van der Waals surface area contributed by atoms with E-state index in [4.69, 9.17) is 25.3 Å². The number of aliphatic carboxylic acids is 1. The quantitative estimate of drug-likeness (QED) is 0.163. The molecule has 12 nitrogen and oxygen atoms in total. The first-order valence-electron chi connectivity index (χ1n) is 13.2. The summed E-state index contributed by atoms with van der Waals surface area (Å²) in [6, 6.07) is 6.68. The Bertz CT molecular complexity index is 1680. The number of nitrogens with one attached hydrogen (secondary N) is 1. The van der Waals surface area contributed by atoms with E-state index < -0.39 is 23.1 Å². The van der Waals surface area contributed by atoms with Crippen LogP contribution in [-0.4, -0.2) is 50.8 Å². The number of pyridine rings is 2. The Balaban J connectivity index is 1.64. The summed E-state index contributed by atoms with van der Waals surface area (Å²) in [5.41, 5.74) is 6.38. The second-order valence-corrected chi connectivity index (χ2v) is 10.1. The van der Waals surface area contributed by atoms with Crippen molar-refractivity contribution >= 4 is 28.7 Å². The van der Waals surface area contributed by atoms with Crippen LogP contribution in [0.1, 0.15) is 48.4 Å². The van der Waals surface area contributed by atoms with Crippen molar-refractivity contribution in [3.63, 3.8) is 0 Å². The lowest BCUT2D eigenvalue weighted by atomic mass is 9.86. The van der Waals surface area contributed by atoms with E-state index in [9.17, 15) is 24.3 Å². The van der Waals surface area contributed by atoms with Gasteiger partial charge in [0.2, 0.25) is 5.91 Å². The van der Waals surface area contributed by atoms with Gasteiger partial charge in [-0.05, 0) is 49.2 Å². The maximum Gasteiger partial charge on any atom is 0.343 e. The van der Waals surface area contributed by atoms with Crippen molar-refractivity contribution in [3.8, 4) is 17.1 Å². The van der Waals surface area contributed by atoms with Crippen LogP contribution in [0.2, 0.25) is 0 Å². The largest absolute Gasteiger partial charge is 0.489 e. The molecule has 5 N–H and O–H groups in total. The Kier molecular flexibility index (Phi) is 7.37. The van der Waals surface area contributed by atoms with Crippen molar-refractivity contribution in [2.24, 2.45) is 5.73 Å². The van der Waals surface area contributed by atoms with Gasteiger partial charge in [0.25, 0.3) is 5.56 Å². The lowest BCUT2D eigenvalue weighted by Crippen LogP contribution is -2.44. The molecule has 0 fully saturated rings. The Labute approximate surface area is 234 Å². The molecule has 5 rings (SSSR count). The van der Waals surface area contributed by atoms with Gasteiger partial charge in [0.1, 0.15) is 19.0 Å². The van der Waals surface area contributed by atoms with Crippen LogP contribution in [0.15, 0.2) is 41.2 Å². The number of carbonyl (C=O) groups excluding carboxylic acids is 2. The third kappa shape index (κ3) is 4.85. The summed E-state index contributed by atoms with van der Waals surface area (Å²) in [5.74, 6) is -1.78. The highest BCUT2D eigenvalue weighted by Gasteiger charge is 2.45. The molecule has 3 aromatic rings. The smallest absolute Gasteiger partial charge is 0.343 e. The second-order valence-electron chi connectivity index (χ2n) is 10.1. The third-order valence-corrected chi connectivity index (χ3v) is 7.56. The van der Waals surface area contributed by atoms with E-state index in [-0.39, 0.29) is 61.8 Å². The molecular weight excluding hydrogens is 532 g/mol. The molecule has 12 heteroatoms. The monoisotopic (exact) mass is 562 g/mol. The molecule has 0 bridgehead atoms. The SMILES string of the molecule is C=C(COc1ccc2nc3c(c(CNC(=O)CCCN)c2c1)Cn1c-3cc2c(c1=O)COC(=O)[C@]2(O)CC)C(=O)O. The van der Waals surface area contributed by atoms with Crippen LogP contribution in [-0.2, 0) is 44.4 Å². The van der Waals surface area contributed by atoms with Gasteiger partial charge in [-0.25, -0.2) is 14.6 Å². The Hall–Kier alpha value is -4.55. The number of aromatic nitrogens is 2. The summed E-state index contributed by atoms with van der Waals surface area (Å²) in [7, 11) is 0. The van der Waals surface area contributed by atoms with Gasteiger partial charge in [0.05, 0.1) is 34.6 Å². The minimum Gasteiger partial charge on any atom is -0.489 e. The fourth-order valence-electron chi connectivity index (χ4n) is 5.20. The Morgan fingerprint density at radius 3 is 2.76 bits per heavy atom. The molecule has 4 heterocycles. The Morgan fingerprint density at radius 1 is 1.27 bits per heavy atom. The topological polar surface area (TPSA) is 183 Å². The van der Waals surface area contributed by atoms with Gasteiger partial charge in [-0.2, -0.15) is 0 Å². The summed E-state index contributed by atoms with van der Waals surface area (Å²) >= 11 is 0. The highest BCUT2D eigenvalue weighted by molar-refractivity contribution is 5.90. The predicted molar refractivity (Wildman–Crippen MR) is 147 cm³/mol. The molecule has 0 saturated heterocycles. The average molecular weight is 563 g/mol. The van der Waals surface area contributed by atoms with E-state index in [1.165, 1.54) is 4.57 Å². The Morgan fingerprint density at radius 2 is 2.05 bits per heavy atom. The van der Waals surface area contributed by atoms with E-state index in [0.29, 0.717) is 52.1 Å². The molecule has 41 heavy (non-hydrogen) atoms. The number of fused-ring (bicyclic) bond motifs is 5. The van der Waals surface area contributed by atoms with Gasteiger partial charge in [-0.15, -0.1) is 0 Å². The first kappa shape index (κ1) is 28.0. The number of nitrogens with two attached hydrogens (primary N) is 1. The van der Waals surface area contributed by atoms with Crippen LogP contribution in [0, 0.1) is 0 Å². The van der Waals surface area contributed by atoms with Crippen molar-refractivity contribution in [1.29, 1.82) is 0 Å². The highest BCUT2D eigenvalue weighted by atomic mass is 16.6. The fraction of sp³-hybridized carbons (Fsp3) is 0.345. The van der Waals surface area contributed by atoms with E-state index in [1.54, 1.807) is 31.2 Å². The summed E-state index contributed by atoms with van der Waals surface area (Å²) in [5, 5.41) is 23.8. The number of rotatable bonds is 10. The van der Waals surface area contributed by atoms with Gasteiger partial charge >= 0.3 is 11.9 Å². The third-order valence-electron chi connectivity index (χ3n) is 7.56. The van der Waals surface area contributed by atoms with Crippen LogP contribution in [0.3, 0.4) is 0 Å². The lowest BCUT2D eigenvalue weighted by Gasteiger charge is -2.31. The van der Waals surface area contributed by atoms with Crippen LogP contribution >= 0.6 is 0 Å². The van der Waals surface area contributed by atoms with Gasteiger partial charge < -0.3 is 35.3 Å². The maximum atomic E-state index is 13.6. The number of ether oxygens (including phenoxy) is 2. The predicted octanol–water partition coefficient (Wildman–Crippen LogP) is 1.45. The standard InChI is InChI=1S/C29H30N4O8/c1-3-29(39)21-10-23-25-19(12-33(23)26(35)20(21)14-41-28(29)38)18(11-31-24(34)5-4-8-30)17-9-16(6-7-22(17)32-25)40-13-15(2)27(36)37/h6-7,9-10,39H,2-5,8,11-14,30H2,1H3,(H,31,34)(H,36,37)/t29-/m0/s1. The molecular formula is C29H30N4O8. The molecule has 1 atom stereocenters. The maximum absolute atomic E-state index is 13.6. The molecule has 1 aromatic carbocycles. The molecule has 2 aliphatic heterocycles. The first-order valence-corrected chi connectivity index (χ1v) is 13.2. The minimum absolute atomic E-state index is 0.0247. The fourth-order valence-corrected chi connectivity index (χ4v) is 5.20. The number of esters is 1. The van der Waals surface area contributed by atoms with Crippen molar-refractivity contribution < 1.29 is 34.1 Å². The summed E-state index contributed by atoms with van der Waals surface area (Å²) < 4.78 is 12.3. The molecule has 0 spiro atoms. The number of carboxylic acid groups (broad SMARTS) is 1. The molecule has 214 valence electrons. The number of amides is 1. The summed E-state index contributed by atoms with van der Waals surface area (Å²) in [4.78, 5) is 54.6. The summed E-state index contributed by atoms with van der Waals surface area (Å²) in [6.45, 7) is 5.30. The van der Waals surface area contributed by atoms with E-state index in [2.05, 4.69) is 11.9 Å². The number of aliphatic hydroxyl groups is 1. The van der Waals surface area contributed by atoms with Crippen LogP contribution in [0.5, 0.6) is 5.75 Å². The van der Waals surface area contributed by atoms with Crippen molar-refractivity contribution in [2.75, 3.05) is 13.2 Å². The van der Waals surface area contributed by atoms with Gasteiger partial charge in [0.15, 0.2) is 5.60 Å². The van der Waals surface area contributed by atoms with Crippen molar-refractivity contribution in [3.05, 3.63) is 69.0 Å². The number of benzene rings is 1. The van der Waals surface area contributed by atoms with Crippen molar-refractivity contribution in [2.45, 2.75) is 51.5 Å².